The third-order valence-corrected chi connectivity index (χ3v) is 4.19. The molecular formula is C17H13F3N2S. The Bertz CT molecular complexity index is 824. The van der Waals surface area contributed by atoms with E-state index in [-0.39, 0.29) is 0 Å². The number of halogens is 3. The van der Waals surface area contributed by atoms with Crippen LogP contribution in [-0.4, -0.2) is 4.98 Å². The summed E-state index contributed by atoms with van der Waals surface area (Å²) in [6, 6.07) is 12.7. The fourth-order valence-corrected chi connectivity index (χ4v) is 3.09. The summed E-state index contributed by atoms with van der Waals surface area (Å²) in [6.07, 6.45) is -3.96. The largest absolute Gasteiger partial charge is 0.416 e. The van der Waals surface area contributed by atoms with E-state index in [1.807, 2.05) is 23.6 Å². The van der Waals surface area contributed by atoms with Crippen molar-refractivity contribution >= 4 is 17.0 Å². The second-order valence-electron chi connectivity index (χ2n) is 5.13. The van der Waals surface area contributed by atoms with Crippen molar-refractivity contribution in [3.63, 3.8) is 0 Å². The number of hydrogen-bond donors (Lipinski definition) is 1. The minimum Gasteiger partial charge on any atom is -0.399 e. The summed E-state index contributed by atoms with van der Waals surface area (Å²) < 4.78 is 38.2. The Hall–Kier alpha value is -2.34. The van der Waals surface area contributed by atoms with Gasteiger partial charge in [-0.15, -0.1) is 11.3 Å². The first kappa shape index (κ1) is 15.6. The van der Waals surface area contributed by atoms with Gasteiger partial charge in [0.2, 0.25) is 0 Å². The number of hydrogen-bond acceptors (Lipinski definition) is 3. The highest BCUT2D eigenvalue weighted by atomic mass is 32.1. The highest BCUT2D eigenvalue weighted by Gasteiger charge is 2.30. The summed E-state index contributed by atoms with van der Waals surface area (Å²) in [5, 5.41) is 2.65. The van der Waals surface area contributed by atoms with Crippen LogP contribution in [0.15, 0.2) is 53.9 Å². The average molecular weight is 334 g/mol. The molecule has 1 heterocycles. The van der Waals surface area contributed by atoms with Crippen molar-refractivity contribution in [2.24, 2.45) is 0 Å². The Morgan fingerprint density at radius 3 is 2.57 bits per heavy atom. The number of alkyl halides is 3. The number of rotatable bonds is 3. The van der Waals surface area contributed by atoms with Crippen LogP contribution in [0.25, 0.3) is 11.3 Å². The molecule has 1 aromatic heterocycles. The quantitative estimate of drug-likeness (QED) is 0.685. The van der Waals surface area contributed by atoms with Crippen LogP contribution in [0, 0.1) is 0 Å². The van der Waals surface area contributed by atoms with E-state index in [2.05, 4.69) is 4.98 Å². The first-order chi connectivity index (χ1) is 10.9. The Morgan fingerprint density at radius 1 is 1.04 bits per heavy atom. The lowest BCUT2D eigenvalue weighted by atomic mass is 10.1. The van der Waals surface area contributed by atoms with Crippen molar-refractivity contribution in [1.82, 2.24) is 4.98 Å². The van der Waals surface area contributed by atoms with Crippen LogP contribution in [0.2, 0.25) is 0 Å². The van der Waals surface area contributed by atoms with Crippen molar-refractivity contribution in [3.05, 3.63) is 70.0 Å². The third-order valence-electron chi connectivity index (χ3n) is 3.34. The van der Waals surface area contributed by atoms with Crippen molar-refractivity contribution in [3.8, 4) is 11.3 Å². The fraction of sp³-hybridized carbons (Fsp3) is 0.118. The molecule has 23 heavy (non-hydrogen) atoms. The van der Waals surface area contributed by atoms with Gasteiger partial charge in [-0.1, -0.05) is 30.3 Å². The number of nitrogens with two attached hydrogens (primary N) is 1. The molecule has 0 amide bonds. The van der Waals surface area contributed by atoms with Crippen LogP contribution in [0.5, 0.6) is 0 Å². The van der Waals surface area contributed by atoms with E-state index < -0.39 is 11.7 Å². The van der Waals surface area contributed by atoms with E-state index in [0.717, 1.165) is 22.3 Å². The van der Waals surface area contributed by atoms with E-state index in [4.69, 9.17) is 5.73 Å². The van der Waals surface area contributed by atoms with Crippen LogP contribution in [0.3, 0.4) is 0 Å². The van der Waals surface area contributed by atoms with Gasteiger partial charge in [0.1, 0.15) is 0 Å². The lowest BCUT2D eigenvalue weighted by Gasteiger charge is -2.07. The zero-order valence-corrected chi connectivity index (χ0v) is 12.8. The predicted octanol–water partition coefficient (Wildman–Crippen LogP) is 5.00. The summed E-state index contributed by atoms with van der Waals surface area (Å²) in [7, 11) is 0. The number of benzene rings is 2. The molecule has 0 aliphatic heterocycles. The zero-order valence-electron chi connectivity index (χ0n) is 12.0. The van der Waals surface area contributed by atoms with Gasteiger partial charge >= 0.3 is 6.18 Å². The Balaban J connectivity index is 1.82. The molecule has 0 aliphatic rings. The number of nitrogens with zero attached hydrogens (tertiary/aromatic N) is 1. The Labute approximate surface area is 135 Å². The number of thiazole rings is 1. The molecule has 3 rings (SSSR count). The summed E-state index contributed by atoms with van der Waals surface area (Å²) in [6.45, 7) is 0. The molecule has 0 saturated heterocycles. The van der Waals surface area contributed by atoms with Crippen LogP contribution >= 0.6 is 11.3 Å². The van der Waals surface area contributed by atoms with E-state index in [9.17, 15) is 13.2 Å². The average Bonchev–Trinajstić information content (AvgIpc) is 2.95. The van der Waals surface area contributed by atoms with Crippen LogP contribution < -0.4 is 5.73 Å². The minimum absolute atomic E-state index is 0.372. The molecule has 2 aromatic carbocycles. The maximum Gasteiger partial charge on any atom is 0.416 e. The smallest absolute Gasteiger partial charge is 0.399 e. The third kappa shape index (κ3) is 3.71. The lowest BCUT2D eigenvalue weighted by molar-refractivity contribution is -0.137. The molecular weight excluding hydrogens is 321 g/mol. The molecule has 0 fully saturated rings. The molecule has 0 bridgehead atoms. The van der Waals surface area contributed by atoms with Gasteiger partial charge in [-0.05, 0) is 23.8 Å². The van der Waals surface area contributed by atoms with Gasteiger partial charge in [-0.25, -0.2) is 4.98 Å². The molecule has 118 valence electrons. The van der Waals surface area contributed by atoms with E-state index in [1.165, 1.54) is 23.5 Å². The first-order valence-electron chi connectivity index (χ1n) is 6.88. The lowest BCUT2D eigenvalue weighted by Crippen LogP contribution is -2.05. The molecule has 0 aliphatic carbocycles. The van der Waals surface area contributed by atoms with E-state index in [0.29, 0.717) is 17.7 Å². The van der Waals surface area contributed by atoms with Gasteiger partial charge in [-0.3, -0.25) is 0 Å². The van der Waals surface area contributed by atoms with Gasteiger partial charge in [0.25, 0.3) is 0 Å². The van der Waals surface area contributed by atoms with E-state index >= 15 is 0 Å². The maximum absolute atomic E-state index is 12.7. The second kappa shape index (κ2) is 6.04. The molecule has 3 aromatic rings. The predicted molar refractivity (Wildman–Crippen MR) is 86.2 cm³/mol. The molecule has 0 unspecified atom stereocenters. The van der Waals surface area contributed by atoms with Crippen molar-refractivity contribution in [2.75, 3.05) is 5.73 Å². The normalized spacial score (nSPS) is 11.6. The molecule has 6 heteroatoms. The number of aromatic nitrogens is 1. The molecule has 2 N–H and O–H groups in total. The molecule has 0 atom stereocenters. The molecule has 0 saturated carbocycles. The highest BCUT2D eigenvalue weighted by Crippen LogP contribution is 2.30. The molecule has 2 nitrogen and oxygen atoms in total. The minimum atomic E-state index is -4.33. The summed E-state index contributed by atoms with van der Waals surface area (Å²) in [4.78, 5) is 4.49. The molecule has 0 radical (unpaired) electrons. The summed E-state index contributed by atoms with van der Waals surface area (Å²) in [5.74, 6) is 0. The monoisotopic (exact) mass is 334 g/mol. The van der Waals surface area contributed by atoms with Crippen LogP contribution in [0.4, 0.5) is 18.9 Å². The molecule has 0 spiro atoms. The Kier molecular flexibility index (Phi) is 4.09. The summed E-state index contributed by atoms with van der Waals surface area (Å²) >= 11 is 1.43. The number of anilines is 1. The number of nitrogen functional groups attached to an aromatic ring is 1. The fourth-order valence-electron chi connectivity index (χ4n) is 2.25. The zero-order chi connectivity index (χ0) is 16.4. The second-order valence-corrected chi connectivity index (χ2v) is 6.07. The SMILES string of the molecule is Nc1cccc(-c2csc(Cc3cccc(C(F)(F)F)c3)n2)c1. The van der Waals surface area contributed by atoms with E-state index in [1.54, 1.807) is 12.1 Å². The maximum atomic E-state index is 12.7. The summed E-state index contributed by atoms with van der Waals surface area (Å²) in [5.41, 5.74) is 8.04. The van der Waals surface area contributed by atoms with Gasteiger partial charge in [0.05, 0.1) is 16.3 Å². The standard InChI is InChI=1S/C17H13F3N2S/c18-17(19,20)13-5-1-3-11(7-13)8-16-22-15(10-23-16)12-4-2-6-14(21)9-12/h1-7,9-10H,8,21H2. The van der Waals surface area contributed by atoms with Crippen molar-refractivity contribution in [2.45, 2.75) is 12.6 Å². The topological polar surface area (TPSA) is 38.9 Å². The van der Waals surface area contributed by atoms with Gasteiger partial charge in [-0.2, -0.15) is 13.2 Å². The first-order valence-corrected chi connectivity index (χ1v) is 7.76. The van der Waals surface area contributed by atoms with Crippen LogP contribution in [-0.2, 0) is 12.6 Å². The van der Waals surface area contributed by atoms with Crippen molar-refractivity contribution in [1.29, 1.82) is 0 Å². The van der Waals surface area contributed by atoms with Gasteiger partial charge in [0, 0.05) is 23.1 Å². The Morgan fingerprint density at radius 2 is 1.83 bits per heavy atom. The van der Waals surface area contributed by atoms with Crippen molar-refractivity contribution < 1.29 is 13.2 Å². The van der Waals surface area contributed by atoms with Gasteiger partial charge < -0.3 is 5.73 Å². The van der Waals surface area contributed by atoms with Crippen LogP contribution in [0.1, 0.15) is 16.1 Å². The van der Waals surface area contributed by atoms with Gasteiger partial charge in [0.15, 0.2) is 0 Å². The highest BCUT2D eigenvalue weighted by molar-refractivity contribution is 7.10.